The first-order chi connectivity index (χ1) is 8.56. The van der Waals surface area contributed by atoms with Crippen LogP contribution in [0.5, 0.6) is 0 Å². The van der Waals surface area contributed by atoms with Crippen molar-refractivity contribution >= 4 is 0 Å². The predicted octanol–water partition coefficient (Wildman–Crippen LogP) is 6.37. The Balaban J connectivity index is 2.40. The van der Waals surface area contributed by atoms with Crippen LogP contribution >= 0.6 is 0 Å². The van der Waals surface area contributed by atoms with Crippen molar-refractivity contribution in [2.45, 2.75) is 87.0 Å². The highest BCUT2D eigenvalue weighted by molar-refractivity contribution is 5.28. The van der Waals surface area contributed by atoms with Crippen molar-refractivity contribution in [3.63, 3.8) is 0 Å². The summed E-state index contributed by atoms with van der Waals surface area (Å²) in [7, 11) is 0. The Hall–Kier alpha value is -0.260. The van der Waals surface area contributed by atoms with Crippen molar-refractivity contribution in [1.82, 2.24) is 0 Å². The van der Waals surface area contributed by atoms with Crippen LogP contribution in [0.2, 0.25) is 0 Å². The van der Waals surface area contributed by atoms with E-state index in [1.165, 1.54) is 38.5 Å². The third-order valence-electron chi connectivity index (χ3n) is 5.95. The van der Waals surface area contributed by atoms with Crippen LogP contribution < -0.4 is 0 Å². The molecule has 2 aliphatic carbocycles. The third kappa shape index (κ3) is 2.78. The van der Waals surface area contributed by atoms with E-state index in [-0.39, 0.29) is 0 Å². The van der Waals surface area contributed by atoms with Gasteiger partial charge in [-0.05, 0) is 61.2 Å². The summed E-state index contributed by atoms with van der Waals surface area (Å²) >= 11 is 0. The van der Waals surface area contributed by atoms with Crippen LogP contribution in [0.3, 0.4) is 0 Å². The maximum atomic E-state index is 2.59. The van der Waals surface area contributed by atoms with Gasteiger partial charge in [-0.25, -0.2) is 0 Å². The Bertz CT molecular complexity index is 377. The van der Waals surface area contributed by atoms with E-state index in [2.05, 4.69) is 48.5 Å². The van der Waals surface area contributed by atoms with Gasteiger partial charge in [-0.3, -0.25) is 0 Å². The molecule has 0 aliphatic heterocycles. The van der Waals surface area contributed by atoms with Crippen molar-refractivity contribution in [3.8, 4) is 0 Å². The third-order valence-corrected chi connectivity index (χ3v) is 5.95. The lowest BCUT2D eigenvalue weighted by atomic mass is 9.49. The average Bonchev–Trinajstić information content (AvgIpc) is 2.21. The molecule has 0 spiro atoms. The summed E-state index contributed by atoms with van der Waals surface area (Å²) in [6.07, 6.45) is 8.32. The van der Waals surface area contributed by atoms with Crippen LogP contribution in [0.4, 0.5) is 0 Å². The standard InChI is InChI=1S/C19H34/c1-14-9-10-16-18(5,6)11-8-12-19(16,7)15(14)13-17(2,3)4/h16H,8-13H2,1-7H3. The molecule has 0 heterocycles. The van der Waals surface area contributed by atoms with Gasteiger partial charge in [0, 0.05) is 0 Å². The Morgan fingerprint density at radius 3 is 2.32 bits per heavy atom. The number of fused-ring (bicyclic) bond motifs is 1. The van der Waals surface area contributed by atoms with Crippen molar-refractivity contribution in [3.05, 3.63) is 11.1 Å². The Labute approximate surface area is 121 Å². The number of rotatable bonds is 1. The zero-order valence-electron chi connectivity index (χ0n) is 14.3. The first kappa shape index (κ1) is 15.1. The van der Waals surface area contributed by atoms with Crippen LogP contribution in [-0.2, 0) is 0 Å². The quantitative estimate of drug-likeness (QED) is 0.482. The highest BCUT2D eigenvalue weighted by Crippen LogP contribution is 2.60. The molecule has 2 atom stereocenters. The Morgan fingerprint density at radius 1 is 1.11 bits per heavy atom. The van der Waals surface area contributed by atoms with Gasteiger partial charge in [0.05, 0.1) is 0 Å². The van der Waals surface area contributed by atoms with E-state index in [9.17, 15) is 0 Å². The molecule has 0 bridgehead atoms. The molecule has 0 N–H and O–H groups in total. The second-order valence-electron chi connectivity index (χ2n) is 9.35. The average molecular weight is 262 g/mol. The van der Waals surface area contributed by atoms with E-state index < -0.39 is 0 Å². The molecule has 0 nitrogen and oxygen atoms in total. The summed E-state index contributed by atoms with van der Waals surface area (Å²) in [5.41, 5.74) is 4.98. The van der Waals surface area contributed by atoms with Crippen LogP contribution in [0.15, 0.2) is 11.1 Å². The van der Waals surface area contributed by atoms with Gasteiger partial charge in [0.25, 0.3) is 0 Å². The van der Waals surface area contributed by atoms with Crippen LogP contribution in [0, 0.1) is 22.2 Å². The minimum absolute atomic E-state index is 0.420. The first-order valence-electron chi connectivity index (χ1n) is 8.25. The monoisotopic (exact) mass is 262 g/mol. The molecule has 0 aromatic carbocycles. The minimum atomic E-state index is 0.420. The minimum Gasteiger partial charge on any atom is -0.0735 e. The lowest BCUT2D eigenvalue weighted by Crippen LogP contribution is -2.46. The molecule has 0 aromatic heterocycles. The van der Waals surface area contributed by atoms with E-state index in [1.54, 1.807) is 5.57 Å². The fraction of sp³-hybridized carbons (Fsp3) is 0.895. The molecule has 19 heavy (non-hydrogen) atoms. The molecule has 0 saturated heterocycles. The summed E-state index contributed by atoms with van der Waals surface area (Å²) in [5, 5.41) is 0. The predicted molar refractivity (Wildman–Crippen MR) is 85.2 cm³/mol. The van der Waals surface area contributed by atoms with E-state index in [1.807, 2.05) is 5.57 Å². The zero-order chi connectivity index (χ0) is 14.5. The molecular weight excluding hydrogens is 228 g/mol. The summed E-state index contributed by atoms with van der Waals surface area (Å²) < 4.78 is 0. The second kappa shape index (κ2) is 4.64. The molecule has 0 heteroatoms. The zero-order valence-corrected chi connectivity index (χ0v) is 14.3. The van der Waals surface area contributed by atoms with Crippen LogP contribution in [-0.4, -0.2) is 0 Å². The lowest BCUT2D eigenvalue weighted by Gasteiger charge is -2.56. The van der Waals surface area contributed by atoms with Crippen molar-refractivity contribution in [2.24, 2.45) is 22.2 Å². The summed E-state index contributed by atoms with van der Waals surface area (Å²) in [6, 6.07) is 0. The van der Waals surface area contributed by atoms with Crippen LogP contribution in [0.1, 0.15) is 87.0 Å². The fourth-order valence-electron chi connectivity index (χ4n) is 5.07. The summed E-state index contributed by atoms with van der Waals surface area (Å²) in [5.74, 6) is 0.898. The highest BCUT2D eigenvalue weighted by atomic mass is 14.5. The number of allylic oxidation sites excluding steroid dienone is 2. The van der Waals surface area contributed by atoms with Gasteiger partial charge in [-0.15, -0.1) is 0 Å². The van der Waals surface area contributed by atoms with Crippen molar-refractivity contribution in [2.75, 3.05) is 0 Å². The van der Waals surface area contributed by atoms with Gasteiger partial charge >= 0.3 is 0 Å². The van der Waals surface area contributed by atoms with Gasteiger partial charge in [0.15, 0.2) is 0 Å². The normalized spacial score (nSPS) is 35.2. The SMILES string of the molecule is CC1=C(CC(C)(C)C)C2(C)CCCC(C)(C)C2CC1. The molecular formula is C19H34. The van der Waals surface area contributed by atoms with Crippen LogP contribution in [0.25, 0.3) is 0 Å². The maximum Gasteiger partial charge on any atom is -0.00802 e. The Kier molecular flexibility index (Phi) is 3.69. The number of hydrogen-bond donors (Lipinski definition) is 0. The van der Waals surface area contributed by atoms with Gasteiger partial charge in [-0.2, -0.15) is 0 Å². The fourth-order valence-corrected chi connectivity index (χ4v) is 5.07. The van der Waals surface area contributed by atoms with E-state index in [0.717, 1.165) is 5.92 Å². The second-order valence-corrected chi connectivity index (χ2v) is 9.35. The Morgan fingerprint density at radius 2 is 1.74 bits per heavy atom. The first-order valence-corrected chi connectivity index (χ1v) is 8.25. The van der Waals surface area contributed by atoms with Gasteiger partial charge in [0.1, 0.15) is 0 Å². The maximum absolute atomic E-state index is 2.59. The molecule has 2 rings (SSSR count). The molecule has 0 aromatic rings. The molecule has 0 amide bonds. The molecule has 2 aliphatic rings. The van der Waals surface area contributed by atoms with Gasteiger partial charge in [0.2, 0.25) is 0 Å². The lowest BCUT2D eigenvalue weighted by molar-refractivity contribution is 0.00754. The van der Waals surface area contributed by atoms with Gasteiger partial charge < -0.3 is 0 Å². The largest absolute Gasteiger partial charge is 0.0735 e. The van der Waals surface area contributed by atoms with Crippen molar-refractivity contribution in [1.29, 1.82) is 0 Å². The smallest absolute Gasteiger partial charge is 0.00802 e. The van der Waals surface area contributed by atoms with Gasteiger partial charge in [-0.1, -0.05) is 59.1 Å². The molecule has 1 fully saturated rings. The topological polar surface area (TPSA) is 0 Å². The molecule has 1 saturated carbocycles. The summed E-state index contributed by atoms with van der Waals surface area (Å²) in [6.45, 7) is 17.2. The van der Waals surface area contributed by atoms with E-state index in [4.69, 9.17) is 0 Å². The molecule has 2 unspecified atom stereocenters. The molecule has 0 radical (unpaired) electrons. The highest BCUT2D eigenvalue weighted by Gasteiger charge is 2.50. The van der Waals surface area contributed by atoms with E-state index in [0.29, 0.717) is 16.2 Å². The molecule has 110 valence electrons. The van der Waals surface area contributed by atoms with E-state index >= 15 is 0 Å². The summed E-state index contributed by atoms with van der Waals surface area (Å²) in [4.78, 5) is 0. The number of hydrogen-bond acceptors (Lipinski definition) is 0. The van der Waals surface area contributed by atoms with Crippen molar-refractivity contribution < 1.29 is 0 Å².